The van der Waals surface area contributed by atoms with Crippen molar-refractivity contribution in [3.05, 3.63) is 29.8 Å². The lowest BCUT2D eigenvalue weighted by Crippen LogP contribution is -2.45. The fraction of sp³-hybridized carbons (Fsp3) is 0.632. The number of rotatable bonds is 6. The molecule has 0 spiro atoms. The van der Waals surface area contributed by atoms with Crippen LogP contribution in [0.1, 0.15) is 37.7 Å². The summed E-state index contributed by atoms with van der Waals surface area (Å²) < 4.78 is 25.9. The fourth-order valence-corrected chi connectivity index (χ4v) is 4.71. The van der Waals surface area contributed by atoms with Gasteiger partial charge in [-0.15, -0.1) is 0 Å². The second-order valence-electron chi connectivity index (χ2n) is 7.34. The molecule has 27 heavy (non-hydrogen) atoms. The predicted molar refractivity (Wildman–Crippen MR) is 108 cm³/mol. The molecule has 0 radical (unpaired) electrons. The maximum Gasteiger partial charge on any atom is 0.240 e. The molecule has 8 heteroatoms. The Morgan fingerprint density at radius 1 is 1.19 bits per heavy atom. The molecule has 1 aromatic carbocycles. The van der Waals surface area contributed by atoms with E-state index in [2.05, 4.69) is 25.2 Å². The van der Waals surface area contributed by atoms with Crippen LogP contribution in [-0.4, -0.2) is 58.5 Å². The highest BCUT2D eigenvalue weighted by atomic mass is 32.2. The molecular weight excluding hydrogens is 362 g/mol. The van der Waals surface area contributed by atoms with Crippen molar-refractivity contribution in [1.29, 1.82) is 0 Å². The monoisotopic (exact) mass is 393 g/mol. The summed E-state index contributed by atoms with van der Waals surface area (Å²) in [5, 5.41) is 6.85. The van der Waals surface area contributed by atoms with Crippen LogP contribution in [0, 0.1) is 0 Å². The van der Waals surface area contributed by atoms with E-state index in [9.17, 15) is 8.42 Å². The molecule has 7 nitrogen and oxygen atoms in total. The van der Waals surface area contributed by atoms with Gasteiger partial charge in [0.2, 0.25) is 10.0 Å². The SMILES string of the molecule is CN=C(NCc1ccc(S(=O)(=O)NC)cc1)NC1CCN(C2CCCC2)C1. The van der Waals surface area contributed by atoms with E-state index in [1.165, 1.54) is 39.3 Å². The zero-order chi connectivity index (χ0) is 19.3. The van der Waals surface area contributed by atoms with E-state index in [1.807, 2.05) is 12.1 Å². The summed E-state index contributed by atoms with van der Waals surface area (Å²) in [7, 11) is -0.197. The Balaban J connectivity index is 1.48. The normalized spacial score (nSPS) is 22.3. The number of aliphatic imine (C=N–C) groups is 1. The molecular formula is C19H31N5O2S. The van der Waals surface area contributed by atoms with Crippen LogP contribution in [0.2, 0.25) is 0 Å². The van der Waals surface area contributed by atoms with Gasteiger partial charge in [0.1, 0.15) is 0 Å². The van der Waals surface area contributed by atoms with Gasteiger partial charge in [0.15, 0.2) is 5.96 Å². The molecule has 1 saturated heterocycles. The quantitative estimate of drug-likeness (QED) is 0.501. The second kappa shape index (κ2) is 9.03. The summed E-state index contributed by atoms with van der Waals surface area (Å²) in [5.41, 5.74) is 1.01. The third kappa shape index (κ3) is 5.21. The fourth-order valence-electron chi connectivity index (χ4n) is 3.98. The molecule has 3 N–H and O–H groups in total. The van der Waals surface area contributed by atoms with E-state index in [1.54, 1.807) is 19.2 Å². The first kappa shape index (κ1) is 20.1. The number of guanidine groups is 1. The molecule has 150 valence electrons. The van der Waals surface area contributed by atoms with Crippen LogP contribution in [0.4, 0.5) is 0 Å². The molecule has 1 atom stereocenters. The molecule has 1 heterocycles. The molecule has 1 aliphatic heterocycles. The number of sulfonamides is 1. The van der Waals surface area contributed by atoms with Crippen molar-refractivity contribution >= 4 is 16.0 Å². The highest BCUT2D eigenvalue weighted by Gasteiger charge is 2.30. The van der Waals surface area contributed by atoms with E-state index >= 15 is 0 Å². The van der Waals surface area contributed by atoms with Crippen LogP contribution in [0.3, 0.4) is 0 Å². The van der Waals surface area contributed by atoms with Gasteiger partial charge in [0.25, 0.3) is 0 Å². The van der Waals surface area contributed by atoms with Crippen LogP contribution in [0.15, 0.2) is 34.2 Å². The molecule has 1 aliphatic carbocycles. The predicted octanol–water partition coefficient (Wildman–Crippen LogP) is 1.28. The number of hydrogen-bond acceptors (Lipinski definition) is 4. The van der Waals surface area contributed by atoms with E-state index in [4.69, 9.17) is 0 Å². The van der Waals surface area contributed by atoms with Crippen molar-refractivity contribution in [2.45, 2.75) is 55.6 Å². The van der Waals surface area contributed by atoms with Crippen LogP contribution < -0.4 is 15.4 Å². The molecule has 2 aliphatic rings. The molecule has 0 aromatic heterocycles. The summed E-state index contributed by atoms with van der Waals surface area (Å²) in [6.45, 7) is 2.85. The summed E-state index contributed by atoms with van der Waals surface area (Å²) in [6.07, 6.45) is 6.58. The van der Waals surface area contributed by atoms with Gasteiger partial charge in [-0.1, -0.05) is 25.0 Å². The van der Waals surface area contributed by atoms with Crippen molar-refractivity contribution < 1.29 is 8.42 Å². The zero-order valence-corrected chi connectivity index (χ0v) is 17.1. The smallest absolute Gasteiger partial charge is 0.240 e. The minimum Gasteiger partial charge on any atom is -0.352 e. The lowest BCUT2D eigenvalue weighted by Gasteiger charge is -2.24. The third-order valence-electron chi connectivity index (χ3n) is 5.59. The molecule has 0 amide bonds. The van der Waals surface area contributed by atoms with Gasteiger partial charge in [-0.3, -0.25) is 9.89 Å². The average Bonchev–Trinajstić information content (AvgIpc) is 3.37. The molecule has 1 unspecified atom stereocenters. The zero-order valence-electron chi connectivity index (χ0n) is 16.2. The van der Waals surface area contributed by atoms with Gasteiger partial charge >= 0.3 is 0 Å². The van der Waals surface area contributed by atoms with E-state index in [-0.39, 0.29) is 4.90 Å². The first-order valence-electron chi connectivity index (χ1n) is 9.75. The van der Waals surface area contributed by atoms with Crippen LogP contribution >= 0.6 is 0 Å². The van der Waals surface area contributed by atoms with Gasteiger partial charge < -0.3 is 10.6 Å². The highest BCUT2D eigenvalue weighted by molar-refractivity contribution is 7.89. The molecule has 1 saturated carbocycles. The van der Waals surface area contributed by atoms with Crippen LogP contribution in [0.25, 0.3) is 0 Å². The van der Waals surface area contributed by atoms with Crippen molar-refractivity contribution in [3.8, 4) is 0 Å². The van der Waals surface area contributed by atoms with Gasteiger partial charge in [-0.05, 0) is 44.0 Å². The Hall–Kier alpha value is -1.64. The Labute approximate surface area is 162 Å². The first-order valence-corrected chi connectivity index (χ1v) is 11.2. The van der Waals surface area contributed by atoms with Gasteiger partial charge in [0.05, 0.1) is 4.90 Å². The van der Waals surface area contributed by atoms with Crippen molar-refractivity contribution in [1.82, 2.24) is 20.3 Å². The third-order valence-corrected chi connectivity index (χ3v) is 7.02. The second-order valence-corrected chi connectivity index (χ2v) is 9.23. The Kier molecular flexibility index (Phi) is 6.73. The molecule has 0 bridgehead atoms. The minimum atomic E-state index is -3.39. The van der Waals surface area contributed by atoms with E-state index in [0.717, 1.165) is 30.5 Å². The topological polar surface area (TPSA) is 85.8 Å². The highest BCUT2D eigenvalue weighted by Crippen LogP contribution is 2.26. The lowest BCUT2D eigenvalue weighted by atomic mass is 10.2. The number of nitrogens with zero attached hydrogens (tertiary/aromatic N) is 2. The minimum absolute atomic E-state index is 0.272. The molecule has 1 aromatic rings. The van der Waals surface area contributed by atoms with Gasteiger partial charge in [-0.25, -0.2) is 13.1 Å². The Morgan fingerprint density at radius 3 is 2.52 bits per heavy atom. The van der Waals surface area contributed by atoms with Crippen LogP contribution in [0.5, 0.6) is 0 Å². The summed E-state index contributed by atoms with van der Waals surface area (Å²) in [5.74, 6) is 0.792. The number of nitrogens with one attached hydrogen (secondary N) is 3. The Bertz CT molecular complexity index is 742. The van der Waals surface area contributed by atoms with Crippen molar-refractivity contribution in [2.75, 3.05) is 27.2 Å². The number of benzene rings is 1. The average molecular weight is 394 g/mol. The van der Waals surface area contributed by atoms with E-state index in [0.29, 0.717) is 12.6 Å². The first-order chi connectivity index (χ1) is 13.0. The molecule has 3 rings (SSSR count). The van der Waals surface area contributed by atoms with Gasteiger partial charge in [-0.2, -0.15) is 0 Å². The maximum atomic E-state index is 11.8. The largest absolute Gasteiger partial charge is 0.352 e. The Morgan fingerprint density at radius 2 is 1.89 bits per heavy atom. The van der Waals surface area contributed by atoms with Crippen molar-refractivity contribution in [2.24, 2.45) is 4.99 Å². The standard InChI is InChI=1S/C19H31N5O2S/c1-20-19(23-16-11-12-24(14-16)17-5-3-4-6-17)22-13-15-7-9-18(10-8-15)27(25,26)21-2/h7-10,16-17,21H,3-6,11-14H2,1-2H3,(H2,20,22,23). The lowest BCUT2D eigenvalue weighted by molar-refractivity contribution is 0.242. The summed E-state index contributed by atoms with van der Waals surface area (Å²) in [6, 6.07) is 8.09. The summed E-state index contributed by atoms with van der Waals surface area (Å²) in [4.78, 5) is 7.23. The van der Waals surface area contributed by atoms with Gasteiger partial charge in [0, 0.05) is 38.8 Å². The maximum absolute atomic E-state index is 11.8. The van der Waals surface area contributed by atoms with E-state index < -0.39 is 10.0 Å². The van der Waals surface area contributed by atoms with Crippen molar-refractivity contribution in [3.63, 3.8) is 0 Å². The number of hydrogen-bond donors (Lipinski definition) is 3. The number of likely N-dealkylation sites (tertiary alicyclic amines) is 1. The van der Waals surface area contributed by atoms with Crippen LogP contribution in [-0.2, 0) is 16.6 Å². The summed E-state index contributed by atoms with van der Waals surface area (Å²) >= 11 is 0. The molecule has 2 fully saturated rings.